The Hall–Kier alpha value is -2.73. The van der Waals surface area contributed by atoms with Gasteiger partial charge in [0, 0.05) is 16.3 Å². The highest BCUT2D eigenvalue weighted by molar-refractivity contribution is 6.30. The van der Waals surface area contributed by atoms with Crippen molar-refractivity contribution in [1.82, 2.24) is 15.0 Å². The van der Waals surface area contributed by atoms with Crippen LogP contribution in [0, 0.1) is 0 Å². The molecule has 0 atom stereocenters. The van der Waals surface area contributed by atoms with Crippen molar-refractivity contribution in [1.29, 1.82) is 0 Å². The summed E-state index contributed by atoms with van der Waals surface area (Å²) in [4.78, 5) is 24.7. The highest BCUT2D eigenvalue weighted by Crippen LogP contribution is 2.21. The van der Waals surface area contributed by atoms with Crippen molar-refractivity contribution in [2.45, 2.75) is 26.2 Å². The molecular weight excluding hydrogens is 354 g/mol. The molecule has 0 N–H and O–H groups in total. The van der Waals surface area contributed by atoms with Crippen LogP contribution in [0.4, 0.5) is 0 Å². The number of methoxy groups -OCH3 is 1. The van der Waals surface area contributed by atoms with Gasteiger partial charge in [-0.1, -0.05) is 30.7 Å². The first-order chi connectivity index (χ1) is 12.6. The third kappa shape index (κ3) is 4.46. The fourth-order valence-electron chi connectivity index (χ4n) is 2.46. The van der Waals surface area contributed by atoms with Crippen LogP contribution in [0.1, 0.15) is 30.0 Å². The summed E-state index contributed by atoms with van der Waals surface area (Å²) in [7, 11) is 1.34. The molecule has 0 aliphatic heterocycles. The molecule has 6 nitrogen and oxygen atoms in total. The van der Waals surface area contributed by atoms with Gasteiger partial charge in [0.15, 0.2) is 11.7 Å². The van der Waals surface area contributed by atoms with Crippen LogP contribution in [0.3, 0.4) is 0 Å². The molecule has 3 aromatic rings. The minimum absolute atomic E-state index is 0.0568. The lowest BCUT2D eigenvalue weighted by molar-refractivity contribution is -0.140. The van der Waals surface area contributed by atoms with E-state index in [0.29, 0.717) is 28.9 Å². The maximum atomic E-state index is 11.3. The Labute approximate surface area is 156 Å². The van der Waals surface area contributed by atoms with Crippen molar-refractivity contribution in [3.63, 3.8) is 0 Å². The minimum Gasteiger partial charge on any atom is -0.469 e. The van der Waals surface area contributed by atoms with Crippen LogP contribution in [0.15, 0.2) is 40.9 Å². The number of rotatable bonds is 6. The topological polar surface area (TPSA) is 78.1 Å². The third-order valence-corrected chi connectivity index (χ3v) is 3.99. The lowest BCUT2D eigenvalue weighted by Gasteiger charge is -2.07. The van der Waals surface area contributed by atoms with Gasteiger partial charge < -0.3 is 9.15 Å². The first kappa shape index (κ1) is 18.1. The molecule has 134 valence electrons. The van der Waals surface area contributed by atoms with E-state index >= 15 is 0 Å². The molecule has 0 amide bonds. The lowest BCUT2D eigenvalue weighted by Crippen LogP contribution is -2.03. The van der Waals surface area contributed by atoms with E-state index in [1.165, 1.54) is 13.3 Å². The highest BCUT2D eigenvalue weighted by Gasteiger charge is 2.12. The molecular formula is C19H18ClN3O3. The summed E-state index contributed by atoms with van der Waals surface area (Å²) in [6.07, 6.45) is 2.78. The van der Waals surface area contributed by atoms with E-state index in [1.54, 1.807) is 0 Å². The Balaban J connectivity index is 1.86. The van der Waals surface area contributed by atoms with E-state index in [-0.39, 0.29) is 12.4 Å². The van der Waals surface area contributed by atoms with Crippen molar-refractivity contribution in [3.05, 3.63) is 64.6 Å². The fourth-order valence-corrected chi connectivity index (χ4v) is 2.65. The summed E-state index contributed by atoms with van der Waals surface area (Å²) in [6.45, 7) is 2.04. The molecule has 0 saturated carbocycles. The van der Waals surface area contributed by atoms with Gasteiger partial charge in [0.1, 0.15) is 12.2 Å². The second kappa shape index (κ2) is 8.10. The second-order valence-electron chi connectivity index (χ2n) is 5.69. The lowest BCUT2D eigenvalue weighted by atomic mass is 10.1. The van der Waals surface area contributed by atoms with Gasteiger partial charge in [-0.05, 0) is 24.6 Å². The van der Waals surface area contributed by atoms with Gasteiger partial charge in [0.05, 0.1) is 25.4 Å². The predicted molar refractivity (Wildman–Crippen MR) is 96.9 cm³/mol. The average Bonchev–Trinajstić information content (AvgIpc) is 3.08. The van der Waals surface area contributed by atoms with Gasteiger partial charge in [-0.25, -0.2) is 15.0 Å². The molecule has 0 fully saturated rings. The summed E-state index contributed by atoms with van der Waals surface area (Å²) in [5.41, 5.74) is 2.57. The van der Waals surface area contributed by atoms with Gasteiger partial charge in [-0.3, -0.25) is 4.79 Å². The highest BCUT2D eigenvalue weighted by atomic mass is 35.5. The number of aryl methyl sites for hydroxylation is 1. The van der Waals surface area contributed by atoms with E-state index in [9.17, 15) is 4.79 Å². The molecule has 2 heterocycles. The molecule has 7 heteroatoms. The number of halogens is 1. The van der Waals surface area contributed by atoms with Crippen LogP contribution in [-0.2, 0) is 28.8 Å². The van der Waals surface area contributed by atoms with Gasteiger partial charge in [-0.15, -0.1) is 0 Å². The van der Waals surface area contributed by atoms with E-state index in [0.717, 1.165) is 23.4 Å². The van der Waals surface area contributed by atoms with Crippen LogP contribution in [-0.4, -0.2) is 28.0 Å². The van der Waals surface area contributed by atoms with Crippen LogP contribution in [0.5, 0.6) is 0 Å². The number of benzene rings is 1. The standard InChI is InChI=1S/C19H18ClN3O3/c1-3-14-8-15(9-17-21-11-16(26-17)10-18(24)25-2)23-19(22-14)12-5-4-6-13(20)7-12/h4-8,11H,3,9-10H2,1-2H3. The Morgan fingerprint density at radius 2 is 2.04 bits per heavy atom. The van der Waals surface area contributed by atoms with Crippen LogP contribution in [0.25, 0.3) is 11.4 Å². The number of ether oxygens (including phenoxy) is 1. The Morgan fingerprint density at radius 1 is 1.23 bits per heavy atom. The molecule has 1 aromatic carbocycles. The molecule has 0 radical (unpaired) electrons. The number of nitrogens with zero attached hydrogens (tertiary/aromatic N) is 3. The number of hydrogen-bond donors (Lipinski definition) is 0. The number of hydrogen-bond acceptors (Lipinski definition) is 6. The zero-order valence-corrected chi connectivity index (χ0v) is 15.3. The Morgan fingerprint density at radius 3 is 2.77 bits per heavy atom. The van der Waals surface area contributed by atoms with E-state index in [4.69, 9.17) is 16.0 Å². The molecule has 0 aliphatic carbocycles. The fraction of sp³-hybridized carbons (Fsp3) is 0.263. The number of oxazole rings is 1. The van der Waals surface area contributed by atoms with Crippen LogP contribution >= 0.6 is 11.6 Å². The maximum absolute atomic E-state index is 11.3. The number of carbonyl (C=O) groups excluding carboxylic acids is 1. The smallest absolute Gasteiger partial charge is 0.313 e. The molecule has 0 bridgehead atoms. The normalized spacial score (nSPS) is 10.7. The van der Waals surface area contributed by atoms with Crippen molar-refractivity contribution in [2.24, 2.45) is 0 Å². The van der Waals surface area contributed by atoms with Crippen LogP contribution in [0.2, 0.25) is 5.02 Å². The molecule has 26 heavy (non-hydrogen) atoms. The van der Waals surface area contributed by atoms with Gasteiger partial charge >= 0.3 is 5.97 Å². The van der Waals surface area contributed by atoms with Crippen molar-refractivity contribution >= 4 is 17.6 Å². The molecule has 2 aromatic heterocycles. The van der Waals surface area contributed by atoms with Crippen LogP contribution < -0.4 is 0 Å². The average molecular weight is 372 g/mol. The Bertz CT molecular complexity index is 924. The maximum Gasteiger partial charge on any atom is 0.313 e. The molecule has 0 saturated heterocycles. The summed E-state index contributed by atoms with van der Waals surface area (Å²) in [5.74, 6) is 1.20. The monoisotopic (exact) mass is 371 g/mol. The zero-order valence-electron chi connectivity index (χ0n) is 14.5. The molecule has 0 unspecified atom stereocenters. The Kier molecular flexibility index (Phi) is 5.63. The van der Waals surface area contributed by atoms with E-state index in [2.05, 4.69) is 19.7 Å². The van der Waals surface area contributed by atoms with Gasteiger partial charge in [-0.2, -0.15) is 0 Å². The first-order valence-corrected chi connectivity index (χ1v) is 8.58. The molecule has 3 rings (SSSR count). The summed E-state index contributed by atoms with van der Waals surface area (Å²) >= 11 is 6.08. The largest absolute Gasteiger partial charge is 0.469 e. The second-order valence-corrected chi connectivity index (χ2v) is 6.12. The minimum atomic E-state index is -0.369. The van der Waals surface area contributed by atoms with E-state index < -0.39 is 0 Å². The summed E-state index contributed by atoms with van der Waals surface area (Å²) < 4.78 is 10.2. The predicted octanol–water partition coefficient (Wildman–Crippen LogP) is 3.65. The van der Waals surface area contributed by atoms with Crippen molar-refractivity contribution in [2.75, 3.05) is 7.11 Å². The SMILES string of the molecule is CCc1cc(Cc2ncc(CC(=O)OC)o2)nc(-c2cccc(Cl)c2)n1. The zero-order chi connectivity index (χ0) is 18.5. The summed E-state index contributed by atoms with van der Waals surface area (Å²) in [6, 6.07) is 9.36. The molecule has 0 aliphatic rings. The van der Waals surface area contributed by atoms with Gasteiger partial charge in [0.25, 0.3) is 0 Å². The first-order valence-electron chi connectivity index (χ1n) is 8.20. The van der Waals surface area contributed by atoms with Crippen molar-refractivity contribution in [3.8, 4) is 11.4 Å². The summed E-state index contributed by atoms with van der Waals surface area (Å²) in [5, 5.41) is 0.634. The third-order valence-electron chi connectivity index (χ3n) is 3.76. The number of aromatic nitrogens is 3. The van der Waals surface area contributed by atoms with Gasteiger partial charge in [0.2, 0.25) is 0 Å². The quantitative estimate of drug-likeness (QED) is 0.615. The number of carbonyl (C=O) groups is 1. The number of esters is 1. The van der Waals surface area contributed by atoms with E-state index in [1.807, 2.05) is 37.3 Å². The molecule has 0 spiro atoms. The van der Waals surface area contributed by atoms with Crippen molar-refractivity contribution < 1.29 is 13.9 Å².